The zero-order valence-corrected chi connectivity index (χ0v) is 19.5. The summed E-state index contributed by atoms with van der Waals surface area (Å²) in [5.41, 5.74) is -1.68. The largest absolute Gasteiger partial charge is 0.406 e. The number of nitrogens with one attached hydrogen (secondary N) is 2. The van der Waals surface area contributed by atoms with E-state index in [0.29, 0.717) is 5.75 Å². The summed E-state index contributed by atoms with van der Waals surface area (Å²) in [5.74, 6) is 0.394. The smallest absolute Gasteiger partial charge is 0.347 e. The van der Waals surface area contributed by atoms with Gasteiger partial charge < -0.3 is 4.74 Å². The lowest BCUT2D eigenvalue weighted by molar-refractivity contribution is -0.117. The lowest BCUT2D eigenvalue weighted by atomic mass is 10.00. The number of hydrogen-bond acceptors (Lipinski definition) is 8. The molecule has 2 saturated heterocycles. The first-order valence-corrected chi connectivity index (χ1v) is 12.3. The monoisotopic (exact) mass is 481 g/mol. The van der Waals surface area contributed by atoms with Crippen molar-refractivity contribution in [1.82, 2.24) is 14.6 Å². The molecule has 2 fully saturated rings. The Hall–Kier alpha value is -0.940. The molecule has 0 radical (unpaired) electrons. The average Bonchev–Trinajstić information content (AvgIpc) is 2.88. The third-order valence-corrected chi connectivity index (χ3v) is 7.99. The van der Waals surface area contributed by atoms with Crippen LogP contribution < -0.4 is 16.3 Å². The number of rotatable bonds is 5. The van der Waals surface area contributed by atoms with Crippen LogP contribution >= 0.6 is 31.1 Å². The first-order chi connectivity index (χ1) is 13.8. The second kappa shape index (κ2) is 8.54. The van der Waals surface area contributed by atoms with Crippen molar-refractivity contribution >= 4 is 36.2 Å². The van der Waals surface area contributed by atoms with E-state index in [1.165, 1.54) is 12.3 Å². The number of carbonyl (C=O) groups is 1. The van der Waals surface area contributed by atoms with Crippen molar-refractivity contribution in [3.05, 3.63) is 33.1 Å². The molecule has 3 heterocycles. The molecule has 3 rings (SSSR count). The van der Waals surface area contributed by atoms with Gasteiger partial charge in [0.1, 0.15) is 17.1 Å². The second-order valence-electron chi connectivity index (χ2n) is 8.31. The zero-order chi connectivity index (χ0) is 22.3. The van der Waals surface area contributed by atoms with Crippen LogP contribution in [0.4, 0.5) is 0 Å². The van der Waals surface area contributed by atoms with Crippen molar-refractivity contribution in [2.24, 2.45) is 5.41 Å². The van der Waals surface area contributed by atoms with Crippen LogP contribution in [0.25, 0.3) is 0 Å². The minimum absolute atomic E-state index is 0.0276. The highest BCUT2D eigenvalue weighted by atomic mass is 35.5. The Balaban J connectivity index is 1.66. The van der Waals surface area contributed by atoms with Crippen molar-refractivity contribution < 1.29 is 23.1 Å². The SMILES string of the molecule is CC(C)(C)C(=O)SCCNP1(=O)OC[C@H]2O[C@@H](n3ccc(=O)[nH]c3=O)[C@](C)(Cl)[C@@H]2O1. The molecule has 0 aromatic carbocycles. The van der Waals surface area contributed by atoms with Gasteiger partial charge in [-0.3, -0.25) is 28.2 Å². The molecule has 13 heteroatoms. The molecule has 0 aliphatic carbocycles. The fraction of sp³-hybridized carbons (Fsp3) is 0.706. The first-order valence-electron chi connectivity index (χ1n) is 9.35. The van der Waals surface area contributed by atoms with Gasteiger partial charge in [0, 0.05) is 30.0 Å². The summed E-state index contributed by atoms with van der Waals surface area (Å²) >= 11 is 7.82. The quantitative estimate of drug-likeness (QED) is 0.367. The highest BCUT2D eigenvalue weighted by Gasteiger charge is 2.59. The van der Waals surface area contributed by atoms with Crippen LogP contribution in [0.15, 0.2) is 21.9 Å². The van der Waals surface area contributed by atoms with Crippen molar-refractivity contribution in [2.45, 2.75) is 51.0 Å². The normalized spacial score (nSPS) is 34.0. The van der Waals surface area contributed by atoms with Crippen molar-refractivity contribution in [3.8, 4) is 0 Å². The Morgan fingerprint density at radius 3 is 2.80 bits per heavy atom. The fourth-order valence-electron chi connectivity index (χ4n) is 3.10. The Kier molecular flexibility index (Phi) is 6.75. The van der Waals surface area contributed by atoms with E-state index in [0.717, 1.165) is 16.3 Å². The summed E-state index contributed by atoms with van der Waals surface area (Å²) in [5, 5.41) is 2.76. The average molecular weight is 482 g/mol. The van der Waals surface area contributed by atoms with Gasteiger partial charge in [-0.1, -0.05) is 32.5 Å². The van der Waals surface area contributed by atoms with E-state index in [-0.39, 0.29) is 18.3 Å². The molecule has 0 bridgehead atoms. The van der Waals surface area contributed by atoms with Gasteiger partial charge in [-0.2, -0.15) is 0 Å². The molecule has 2 aliphatic rings. The number of halogens is 1. The van der Waals surface area contributed by atoms with Gasteiger partial charge in [-0.05, 0) is 6.92 Å². The number of aromatic nitrogens is 2. The minimum atomic E-state index is -3.69. The Morgan fingerprint density at radius 2 is 2.17 bits per heavy atom. The van der Waals surface area contributed by atoms with E-state index < -0.39 is 47.7 Å². The number of nitrogens with zero attached hydrogens (tertiary/aromatic N) is 1. The number of fused-ring (bicyclic) bond motifs is 1. The molecule has 0 spiro atoms. The summed E-state index contributed by atoms with van der Waals surface area (Å²) in [6.07, 6.45) is -1.17. The van der Waals surface area contributed by atoms with Crippen LogP contribution in [0.2, 0.25) is 0 Å². The molecule has 2 aliphatic heterocycles. The highest BCUT2D eigenvalue weighted by Crippen LogP contribution is 2.57. The minimum Gasteiger partial charge on any atom is -0.347 e. The fourth-order valence-corrected chi connectivity index (χ4v) is 6.09. The molecule has 0 amide bonds. The van der Waals surface area contributed by atoms with Gasteiger partial charge in [-0.25, -0.2) is 14.4 Å². The van der Waals surface area contributed by atoms with Crippen LogP contribution in [0, 0.1) is 5.41 Å². The molecule has 2 N–H and O–H groups in total. The lowest BCUT2D eigenvalue weighted by Crippen LogP contribution is -2.46. The number of aromatic amines is 1. The number of carbonyl (C=O) groups excluding carboxylic acids is 1. The van der Waals surface area contributed by atoms with E-state index in [4.69, 9.17) is 25.4 Å². The molecular formula is C17H25ClN3O7PS. The molecule has 168 valence electrons. The van der Waals surface area contributed by atoms with Crippen molar-refractivity contribution in [1.29, 1.82) is 0 Å². The topological polar surface area (TPSA) is 129 Å². The third-order valence-electron chi connectivity index (χ3n) is 4.70. The summed E-state index contributed by atoms with van der Waals surface area (Å²) in [6, 6.07) is 1.18. The number of thioether (sulfide) groups is 1. The van der Waals surface area contributed by atoms with Gasteiger partial charge in [-0.15, -0.1) is 11.6 Å². The van der Waals surface area contributed by atoms with Crippen molar-refractivity contribution in [2.75, 3.05) is 18.9 Å². The van der Waals surface area contributed by atoms with E-state index in [1.54, 1.807) is 6.92 Å². The van der Waals surface area contributed by atoms with Gasteiger partial charge >= 0.3 is 13.4 Å². The summed E-state index contributed by atoms with van der Waals surface area (Å²) in [6.45, 7) is 7.27. The molecule has 1 unspecified atom stereocenters. The maximum Gasteiger partial charge on any atom is 0.406 e. The van der Waals surface area contributed by atoms with Crippen LogP contribution in [0.3, 0.4) is 0 Å². The third kappa shape index (κ3) is 4.93. The first kappa shape index (κ1) is 23.7. The summed E-state index contributed by atoms with van der Waals surface area (Å²) in [4.78, 5) is 36.3. The summed E-state index contributed by atoms with van der Waals surface area (Å²) in [7, 11) is -3.69. The van der Waals surface area contributed by atoms with Gasteiger partial charge in [0.25, 0.3) is 5.56 Å². The van der Waals surface area contributed by atoms with Gasteiger partial charge in [0.2, 0.25) is 0 Å². The molecule has 0 saturated carbocycles. The Bertz CT molecular complexity index is 973. The maximum absolute atomic E-state index is 13.0. The van der Waals surface area contributed by atoms with Crippen LogP contribution in [0.5, 0.6) is 0 Å². The van der Waals surface area contributed by atoms with E-state index in [9.17, 15) is 18.9 Å². The number of ether oxygens (including phenoxy) is 1. The number of H-pyrrole nitrogens is 1. The van der Waals surface area contributed by atoms with Crippen LogP contribution in [0.1, 0.15) is 33.9 Å². The molecule has 1 aromatic heterocycles. The van der Waals surface area contributed by atoms with E-state index >= 15 is 0 Å². The predicted octanol–water partition coefficient (Wildman–Crippen LogP) is 1.85. The Morgan fingerprint density at radius 1 is 1.47 bits per heavy atom. The van der Waals surface area contributed by atoms with Crippen molar-refractivity contribution in [3.63, 3.8) is 0 Å². The molecule has 1 aromatic rings. The predicted molar refractivity (Wildman–Crippen MR) is 113 cm³/mol. The van der Waals surface area contributed by atoms with Crippen LogP contribution in [-0.4, -0.2) is 50.7 Å². The summed E-state index contributed by atoms with van der Waals surface area (Å²) < 4.78 is 31.0. The van der Waals surface area contributed by atoms with E-state index in [2.05, 4.69) is 10.1 Å². The Labute approximate surface area is 182 Å². The van der Waals surface area contributed by atoms with Gasteiger partial charge in [0.05, 0.1) is 6.61 Å². The standard InChI is InChI=1S/C17H25ClN3O7PS/c1-16(2,3)14(23)30-8-6-19-29(25)26-9-10-12(28-29)17(4,18)13(27-10)21-7-5-11(22)20-15(21)24/h5,7,10,12-13H,6,8-9H2,1-4H3,(H,19,25)(H,20,22,24)/t10-,12-,13-,17-,29?/m1/s1. The molecule has 10 nitrogen and oxygen atoms in total. The second-order valence-corrected chi connectivity index (χ2v) is 12.0. The van der Waals surface area contributed by atoms with Crippen LogP contribution in [-0.2, 0) is 23.1 Å². The molecular weight excluding hydrogens is 457 g/mol. The van der Waals surface area contributed by atoms with Gasteiger partial charge in [0.15, 0.2) is 11.3 Å². The maximum atomic E-state index is 13.0. The number of alkyl halides is 1. The number of hydrogen-bond donors (Lipinski definition) is 2. The molecule has 30 heavy (non-hydrogen) atoms. The lowest BCUT2D eigenvalue weighted by Gasteiger charge is -2.35. The van der Waals surface area contributed by atoms with E-state index in [1.807, 2.05) is 20.8 Å². The molecule has 5 atom stereocenters. The highest BCUT2D eigenvalue weighted by molar-refractivity contribution is 8.13. The zero-order valence-electron chi connectivity index (χ0n) is 17.0.